The third-order valence-electron chi connectivity index (χ3n) is 6.58. The summed E-state index contributed by atoms with van der Waals surface area (Å²) in [6.07, 6.45) is 7.72. The number of nitrogens with two attached hydrogens (primary N) is 1. The van der Waals surface area contributed by atoms with E-state index in [-0.39, 0.29) is 17.4 Å². The van der Waals surface area contributed by atoms with Crippen molar-refractivity contribution in [2.24, 2.45) is 28.9 Å². The molecule has 5 rings (SSSR count). The predicted octanol–water partition coefficient (Wildman–Crippen LogP) is 3.31. The molecule has 3 N–H and O–H groups in total. The summed E-state index contributed by atoms with van der Waals surface area (Å²) in [4.78, 5) is 0. The zero-order valence-corrected chi connectivity index (χ0v) is 12.7. The highest BCUT2D eigenvalue weighted by atomic mass is 16.3. The average Bonchev–Trinajstić information content (AvgIpc) is 2.47. The Labute approximate surface area is 127 Å². The van der Waals surface area contributed by atoms with E-state index in [1.54, 1.807) is 0 Å². The van der Waals surface area contributed by atoms with E-state index in [2.05, 4.69) is 24.3 Å². The van der Waals surface area contributed by atoms with Crippen molar-refractivity contribution in [3.8, 4) is 0 Å². The first-order chi connectivity index (χ1) is 10.2. The van der Waals surface area contributed by atoms with Crippen LogP contribution in [0.15, 0.2) is 30.3 Å². The van der Waals surface area contributed by atoms with Crippen molar-refractivity contribution in [1.82, 2.24) is 0 Å². The third-order valence-corrected chi connectivity index (χ3v) is 6.58. The monoisotopic (exact) mass is 285 g/mol. The molecule has 114 valence electrons. The predicted molar refractivity (Wildman–Crippen MR) is 84.8 cm³/mol. The Hall–Kier alpha value is -0.860. The van der Waals surface area contributed by atoms with Gasteiger partial charge in [0.15, 0.2) is 0 Å². The molecule has 0 saturated heterocycles. The number of aliphatic hydroxyl groups excluding tert-OH is 1. The summed E-state index contributed by atoms with van der Waals surface area (Å²) in [7, 11) is 0. The Morgan fingerprint density at radius 1 is 1.00 bits per heavy atom. The van der Waals surface area contributed by atoms with Crippen LogP contribution in [-0.2, 0) is 0 Å². The molecular formula is C19H27NO. The van der Waals surface area contributed by atoms with Crippen LogP contribution in [0.1, 0.15) is 50.0 Å². The molecule has 4 saturated carbocycles. The standard InChI is InChI=1S/C19H27NO/c20-12-17(16-4-2-1-3-5-16)18(21)19-9-13-6-14(10-19)8-15(7-13)11-19/h1-5,13-15,17-18,21H,6-12,20H2. The van der Waals surface area contributed by atoms with Crippen LogP contribution < -0.4 is 5.73 Å². The van der Waals surface area contributed by atoms with Gasteiger partial charge in [-0.3, -0.25) is 0 Å². The Balaban J connectivity index is 1.62. The van der Waals surface area contributed by atoms with Crippen LogP contribution in [0.5, 0.6) is 0 Å². The lowest BCUT2D eigenvalue weighted by Gasteiger charge is -2.59. The summed E-state index contributed by atoms with van der Waals surface area (Å²) >= 11 is 0. The van der Waals surface area contributed by atoms with Crippen molar-refractivity contribution in [2.45, 2.75) is 50.5 Å². The Morgan fingerprint density at radius 3 is 2.00 bits per heavy atom. The zero-order valence-electron chi connectivity index (χ0n) is 12.7. The topological polar surface area (TPSA) is 46.2 Å². The van der Waals surface area contributed by atoms with E-state index in [9.17, 15) is 5.11 Å². The van der Waals surface area contributed by atoms with Crippen molar-refractivity contribution in [3.05, 3.63) is 35.9 Å². The minimum absolute atomic E-state index is 0.0995. The van der Waals surface area contributed by atoms with Crippen LogP contribution in [0.4, 0.5) is 0 Å². The van der Waals surface area contributed by atoms with E-state index in [4.69, 9.17) is 5.73 Å². The molecule has 0 radical (unpaired) electrons. The molecule has 2 nitrogen and oxygen atoms in total. The minimum atomic E-state index is -0.265. The highest BCUT2D eigenvalue weighted by molar-refractivity contribution is 5.23. The highest BCUT2D eigenvalue weighted by Crippen LogP contribution is 2.62. The second-order valence-corrected chi connectivity index (χ2v) is 7.98. The Morgan fingerprint density at radius 2 is 1.52 bits per heavy atom. The third kappa shape index (κ3) is 2.24. The van der Waals surface area contributed by atoms with Gasteiger partial charge in [0, 0.05) is 12.5 Å². The summed E-state index contributed by atoms with van der Waals surface area (Å²) < 4.78 is 0. The molecule has 21 heavy (non-hydrogen) atoms. The minimum Gasteiger partial charge on any atom is -0.392 e. The normalized spacial score (nSPS) is 40.2. The molecule has 1 aromatic rings. The Bertz CT molecular complexity index is 462. The largest absolute Gasteiger partial charge is 0.392 e. The van der Waals surface area contributed by atoms with Gasteiger partial charge in [0.2, 0.25) is 0 Å². The fourth-order valence-corrected chi connectivity index (χ4v) is 6.11. The van der Waals surface area contributed by atoms with Gasteiger partial charge in [-0.1, -0.05) is 30.3 Å². The van der Waals surface area contributed by atoms with Crippen LogP contribution in [0.25, 0.3) is 0 Å². The van der Waals surface area contributed by atoms with Crippen LogP contribution in [0, 0.1) is 23.2 Å². The van der Waals surface area contributed by atoms with Gasteiger partial charge in [0.25, 0.3) is 0 Å². The molecule has 2 atom stereocenters. The van der Waals surface area contributed by atoms with E-state index in [0.29, 0.717) is 6.54 Å². The van der Waals surface area contributed by atoms with E-state index < -0.39 is 0 Å². The van der Waals surface area contributed by atoms with Crippen LogP contribution in [0.3, 0.4) is 0 Å². The molecule has 0 aliphatic heterocycles. The molecule has 4 fully saturated rings. The van der Waals surface area contributed by atoms with Gasteiger partial charge in [-0.05, 0) is 67.3 Å². The first-order valence-electron chi connectivity index (χ1n) is 8.63. The maximum absolute atomic E-state index is 11.2. The second-order valence-electron chi connectivity index (χ2n) is 7.98. The van der Waals surface area contributed by atoms with Crippen molar-refractivity contribution < 1.29 is 5.11 Å². The highest BCUT2D eigenvalue weighted by Gasteiger charge is 2.55. The van der Waals surface area contributed by atoms with Crippen molar-refractivity contribution >= 4 is 0 Å². The summed E-state index contributed by atoms with van der Waals surface area (Å²) in [6, 6.07) is 10.4. The van der Waals surface area contributed by atoms with Gasteiger partial charge in [0.1, 0.15) is 0 Å². The maximum Gasteiger partial charge on any atom is 0.0677 e. The van der Waals surface area contributed by atoms with E-state index in [1.807, 2.05) is 6.07 Å². The quantitative estimate of drug-likeness (QED) is 0.891. The Kier molecular flexibility index (Phi) is 3.35. The molecule has 1 aromatic carbocycles. The zero-order chi connectivity index (χ0) is 14.4. The molecule has 0 aromatic heterocycles. The fraction of sp³-hybridized carbons (Fsp3) is 0.684. The molecule has 0 heterocycles. The maximum atomic E-state index is 11.2. The van der Waals surface area contributed by atoms with Gasteiger partial charge in [-0.25, -0.2) is 0 Å². The lowest BCUT2D eigenvalue weighted by atomic mass is 9.47. The van der Waals surface area contributed by atoms with Gasteiger partial charge < -0.3 is 10.8 Å². The van der Waals surface area contributed by atoms with E-state index in [0.717, 1.165) is 17.8 Å². The smallest absolute Gasteiger partial charge is 0.0677 e. The van der Waals surface area contributed by atoms with Crippen molar-refractivity contribution in [1.29, 1.82) is 0 Å². The summed E-state index contributed by atoms with van der Waals surface area (Å²) in [6.45, 7) is 0.549. The average molecular weight is 285 g/mol. The number of hydrogen-bond donors (Lipinski definition) is 2. The summed E-state index contributed by atoms with van der Waals surface area (Å²) in [5.74, 6) is 2.72. The van der Waals surface area contributed by atoms with Gasteiger partial charge in [0.05, 0.1) is 6.10 Å². The second kappa shape index (κ2) is 5.10. The van der Waals surface area contributed by atoms with Gasteiger partial charge in [-0.2, -0.15) is 0 Å². The van der Waals surface area contributed by atoms with Crippen LogP contribution >= 0.6 is 0 Å². The lowest BCUT2D eigenvalue weighted by Crippen LogP contribution is -2.54. The number of aliphatic hydroxyl groups is 1. The molecule has 4 bridgehead atoms. The number of hydrogen-bond acceptors (Lipinski definition) is 2. The fourth-order valence-electron chi connectivity index (χ4n) is 6.11. The molecule has 2 unspecified atom stereocenters. The van der Waals surface area contributed by atoms with Gasteiger partial charge >= 0.3 is 0 Å². The number of rotatable bonds is 4. The first kappa shape index (κ1) is 13.8. The van der Waals surface area contributed by atoms with Crippen molar-refractivity contribution in [3.63, 3.8) is 0 Å². The van der Waals surface area contributed by atoms with Crippen LogP contribution in [0.2, 0.25) is 0 Å². The first-order valence-corrected chi connectivity index (χ1v) is 8.63. The molecule has 0 amide bonds. The molecule has 0 spiro atoms. The van der Waals surface area contributed by atoms with E-state index in [1.165, 1.54) is 44.1 Å². The van der Waals surface area contributed by atoms with E-state index >= 15 is 0 Å². The van der Waals surface area contributed by atoms with Crippen LogP contribution in [-0.4, -0.2) is 17.8 Å². The molecular weight excluding hydrogens is 258 g/mol. The summed E-state index contributed by atoms with van der Waals surface area (Å²) in [5.41, 5.74) is 7.44. The van der Waals surface area contributed by atoms with Crippen molar-refractivity contribution in [2.75, 3.05) is 6.54 Å². The van der Waals surface area contributed by atoms with Gasteiger partial charge in [-0.15, -0.1) is 0 Å². The summed E-state index contributed by atoms with van der Waals surface area (Å²) in [5, 5.41) is 11.2. The molecule has 4 aliphatic rings. The lowest BCUT2D eigenvalue weighted by molar-refractivity contribution is -0.127. The molecule has 4 aliphatic carbocycles. The SMILES string of the molecule is NCC(c1ccccc1)C(O)C12CC3CC(CC(C3)C1)C2. The number of benzene rings is 1. The molecule has 2 heteroatoms.